The molecule has 110 valence electrons. The number of rotatable bonds is 4. The summed E-state index contributed by atoms with van der Waals surface area (Å²) < 4.78 is 26.7. The number of nitro groups is 1. The van der Waals surface area contributed by atoms with Gasteiger partial charge >= 0.3 is 0 Å². The van der Waals surface area contributed by atoms with E-state index in [0.717, 1.165) is 6.07 Å². The van der Waals surface area contributed by atoms with Crippen LogP contribution in [-0.2, 0) is 10.0 Å². The molecule has 0 fully saturated rings. The summed E-state index contributed by atoms with van der Waals surface area (Å²) in [7, 11) is -4.05. The zero-order chi connectivity index (χ0) is 15.6. The third-order valence-electron chi connectivity index (χ3n) is 2.60. The lowest BCUT2D eigenvalue weighted by atomic mass is 10.2. The maximum Gasteiger partial charge on any atom is 0.293 e. The van der Waals surface area contributed by atoms with Crippen molar-refractivity contribution in [3.05, 3.63) is 46.3 Å². The molecule has 0 saturated heterocycles. The van der Waals surface area contributed by atoms with E-state index in [1.54, 1.807) is 0 Å². The van der Waals surface area contributed by atoms with Crippen molar-refractivity contribution in [2.45, 2.75) is 11.8 Å². The maximum atomic E-state index is 12.3. The summed E-state index contributed by atoms with van der Waals surface area (Å²) in [6.45, 7) is 1.49. The highest BCUT2D eigenvalue weighted by atomic mass is 32.2. The van der Waals surface area contributed by atoms with Gasteiger partial charge in [0.2, 0.25) is 5.95 Å². The highest BCUT2D eigenvalue weighted by Gasteiger charge is 2.23. The number of nitrogens with zero attached hydrogens (tertiary/aromatic N) is 3. The number of nitro benzene ring substituents is 1. The SMILES string of the molecule is Cc1cc(N)c([N+](=O)[O-])cc1S(=O)(=O)Nc1ncccn1. The van der Waals surface area contributed by atoms with Crippen LogP contribution in [0, 0.1) is 17.0 Å². The summed E-state index contributed by atoms with van der Waals surface area (Å²) in [5.41, 5.74) is 5.20. The molecule has 1 aromatic heterocycles. The van der Waals surface area contributed by atoms with Crippen molar-refractivity contribution in [2.24, 2.45) is 0 Å². The van der Waals surface area contributed by atoms with E-state index >= 15 is 0 Å². The number of anilines is 2. The van der Waals surface area contributed by atoms with Gasteiger partial charge in [-0.05, 0) is 24.6 Å². The number of nitrogens with one attached hydrogen (secondary N) is 1. The number of nitrogen functional groups attached to an aromatic ring is 1. The van der Waals surface area contributed by atoms with Gasteiger partial charge in [-0.3, -0.25) is 10.1 Å². The average molecular weight is 309 g/mol. The van der Waals surface area contributed by atoms with Crippen molar-refractivity contribution in [2.75, 3.05) is 10.5 Å². The highest BCUT2D eigenvalue weighted by molar-refractivity contribution is 7.92. The second-order valence-electron chi connectivity index (χ2n) is 4.11. The minimum absolute atomic E-state index is 0.104. The first-order valence-corrected chi connectivity index (χ1v) is 7.14. The molecule has 3 N–H and O–H groups in total. The maximum absolute atomic E-state index is 12.3. The first kappa shape index (κ1) is 14.7. The van der Waals surface area contributed by atoms with Crippen LogP contribution in [0.4, 0.5) is 17.3 Å². The van der Waals surface area contributed by atoms with Gasteiger partial charge in [-0.15, -0.1) is 0 Å². The van der Waals surface area contributed by atoms with Crippen molar-refractivity contribution in [3.8, 4) is 0 Å². The lowest BCUT2D eigenvalue weighted by molar-refractivity contribution is -0.384. The predicted octanol–water partition coefficient (Wildman–Crippen LogP) is 1.08. The number of benzene rings is 1. The normalized spacial score (nSPS) is 11.1. The summed E-state index contributed by atoms with van der Waals surface area (Å²) in [6.07, 6.45) is 2.73. The van der Waals surface area contributed by atoms with Gasteiger partial charge in [0.1, 0.15) is 5.69 Å². The molecule has 0 amide bonds. The molecule has 0 aliphatic heterocycles. The topological polar surface area (TPSA) is 141 Å². The zero-order valence-electron chi connectivity index (χ0n) is 10.8. The Hall–Kier alpha value is -2.75. The molecule has 0 aliphatic rings. The van der Waals surface area contributed by atoms with Crippen LogP contribution >= 0.6 is 0 Å². The minimum atomic E-state index is -4.05. The Bertz CT molecular complexity index is 792. The number of aromatic nitrogens is 2. The fourth-order valence-electron chi connectivity index (χ4n) is 1.67. The standard InChI is InChI=1S/C11H11N5O4S/c1-7-5-8(12)9(16(17)18)6-10(7)21(19,20)15-11-13-3-2-4-14-11/h2-6H,12H2,1H3,(H,13,14,15). The van der Waals surface area contributed by atoms with E-state index in [0.29, 0.717) is 0 Å². The highest BCUT2D eigenvalue weighted by Crippen LogP contribution is 2.28. The van der Waals surface area contributed by atoms with Crippen LogP contribution < -0.4 is 10.5 Å². The number of hydrogen-bond donors (Lipinski definition) is 2. The quantitative estimate of drug-likeness (QED) is 0.489. The van der Waals surface area contributed by atoms with Gasteiger partial charge in [-0.25, -0.2) is 23.1 Å². The third kappa shape index (κ3) is 3.05. The summed E-state index contributed by atoms with van der Waals surface area (Å²) in [4.78, 5) is 17.3. The average Bonchev–Trinajstić information content (AvgIpc) is 2.38. The van der Waals surface area contributed by atoms with Crippen molar-refractivity contribution in [1.82, 2.24) is 9.97 Å². The monoisotopic (exact) mass is 309 g/mol. The van der Waals surface area contributed by atoms with Gasteiger partial charge in [0, 0.05) is 18.5 Å². The first-order chi connectivity index (χ1) is 9.81. The van der Waals surface area contributed by atoms with E-state index in [9.17, 15) is 18.5 Å². The van der Waals surface area contributed by atoms with E-state index in [2.05, 4.69) is 14.7 Å². The number of aryl methyl sites for hydroxylation is 1. The van der Waals surface area contributed by atoms with Crippen LogP contribution in [0.25, 0.3) is 0 Å². The summed E-state index contributed by atoms with van der Waals surface area (Å²) in [5.74, 6) is -0.128. The Kier molecular flexibility index (Phi) is 3.72. The van der Waals surface area contributed by atoms with Crippen LogP contribution in [0.2, 0.25) is 0 Å². The zero-order valence-corrected chi connectivity index (χ0v) is 11.7. The van der Waals surface area contributed by atoms with Crippen molar-refractivity contribution in [3.63, 3.8) is 0 Å². The molecule has 0 bridgehead atoms. The molecule has 1 aromatic carbocycles. The molecule has 1 heterocycles. The Morgan fingerprint density at radius 2 is 1.90 bits per heavy atom. The largest absolute Gasteiger partial charge is 0.393 e. The van der Waals surface area contributed by atoms with Crippen molar-refractivity contribution >= 4 is 27.3 Å². The lowest BCUT2D eigenvalue weighted by Gasteiger charge is -2.09. The van der Waals surface area contributed by atoms with E-state index < -0.39 is 20.6 Å². The van der Waals surface area contributed by atoms with Crippen molar-refractivity contribution < 1.29 is 13.3 Å². The fourth-order valence-corrected chi connectivity index (χ4v) is 2.88. The molecule has 0 radical (unpaired) electrons. The summed E-state index contributed by atoms with van der Waals surface area (Å²) in [5, 5.41) is 10.9. The van der Waals surface area contributed by atoms with Crippen LogP contribution in [0.5, 0.6) is 0 Å². The van der Waals surface area contributed by atoms with E-state index in [1.165, 1.54) is 31.5 Å². The van der Waals surface area contributed by atoms with E-state index in [4.69, 9.17) is 5.73 Å². The summed E-state index contributed by atoms with van der Waals surface area (Å²) >= 11 is 0. The van der Waals surface area contributed by atoms with Crippen LogP contribution in [0.1, 0.15) is 5.56 Å². The second-order valence-corrected chi connectivity index (χ2v) is 5.76. The molecule has 2 rings (SSSR count). The summed E-state index contributed by atoms with van der Waals surface area (Å²) in [6, 6.07) is 3.67. The molecule has 0 aliphatic carbocycles. The van der Waals surface area contributed by atoms with Crippen LogP contribution in [0.3, 0.4) is 0 Å². The van der Waals surface area contributed by atoms with Gasteiger partial charge in [0.05, 0.1) is 9.82 Å². The van der Waals surface area contributed by atoms with Crippen LogP contribution in [-0.4, -0.2) is 23.3 Å². The number of sulfonamides is 1. The van der Waals surface area contributed by atoms with Crippen molar-refractivity contribution in [1.29, 1.82) is 0 Å². The minimum Gasteiger partial charge on any atom is -0.393 e. The molecule has 0 unspecified atom stereocenters. The molecule has 21 heavy (non-hydrogen) atoms. The molecule has 0 spiro atoms. The molecule has 10 heteroatoms. The third-order valence-corrected chi connectivity index (χ3v) is 4.07. The predicted molar refractivity (Wildman–Crippen MR) is 75.1 cm³/mol. The molecular weight excluding hydrogens is 298 g/mol. The number of hydrogen-bond acceptors (Lipinski definition) is 7. The Balaban J connectivity index is 2.50. The Morgan fingerprint density at radius 3 is 2.48 bits per heavy atom. The van der Waals surface area contributed by atoms with E-state index in [-0.39, 0.29) is 22.1 Å². The van der Waals surface area contributed by atoms with E-state index in [1.807, 2.05) is 0 Å². The first-order valence-electron chi connectivity index (χ1n) is 5.65. The second kappa shape index (κ2) is 5.32. The van der Waals surface area contributed by atoms with Gasteiger partial charge in [0.15, 0.2) is 0 Å². The molecule has 2 aromatic rings. The molecule has 9 nitrogen and oxygen atoms in total. The Labute approximate surface area is 120 Å². The molecule has 0 saturated carbocycles. The van der Waals surface area contributed by atoms with Crippen LogP contribution in [0.15, 0.2) is 35.5 Å². The van der Waals surface area contributed by atoms with Gasteiger partial charge in [-0.1, -0.05) is 0 Å². The van der Waals surface area contributed by atoms with Gasteiger partial charge in [0.25, 0.3) is 15.7 Å². The number of nitrogens with two attached hydrogens (primary N) is 1. The van der Waals surface area contributed by atoms with Gasteiger partial charge < -0.3 is 5.73 Å². The smallest absolute Gasteiger partial charge is 0.293 e. The Morgan fingerprint density at radius 1 is 1.29 bits per heavy atom. The van der Waals surface area contributed by atoms with Gasteiger partial charge in [-0.2, -0.15) is 0 Å². The lowest BCUT2D eigenvalue weighted by Crippen LogP contribution is -2.16. The molecular formula is C11H11N5O4S. The fraction of sp³-hybridized carbons (Fsp3) is 0.0909. The molecule has 0 atom stereocenters.